The molecule has 3 aliphatic carbocycles. The molecule has 10 aromatic rings. The summed E-state index contributed by atoms with van der Waals surface area (Å²) in [6, 6.07) is 69.1. The van der Waals surface area contributed by atoms with Crippen LogP contribution in [0.3, 0.4) is 0 Å². The predicted molar refractivity (Wildman–Crippen MR) is 438 cm³/mol. The van der Waals surface area contributed by atoms with Crippen molar-refractivity contribution >= 4 is 63.2 Å². The van der Waals surface area contributed by atoms with Gasteiger partial charge < -0.3 is 4.90 Å². The summed E-state index contributed by atoms with van der Waals surface area (Å²) in [5, 5.41) is 4.61. The molecule has 3 aliphatic rings. The molecule has 0 saturated carbocycles. The number of para-hydroxylation sites is 2. The van der Waals surface area contributed by atoms with Crippen LogP contribution in [0.5, 0.6) is 0 Å². The van der Waals surface area contributed by atoms with E-state index in [0.717, 1.165) is 17.1 Å². The summed E-state index contributed by atoms with van der Waals surface area (Å²) in [6.07, 6.45) is 42.4. The van der Waals surface area contributed by atoms with Gasteiger partial charge in [0.15, 0.2) is 0 Å². The maximum atomic E-state index is 2.82. The first-order valence-electron chi connectivity index (χ1n) is 39.4. The maximum absolute atomic E-state index is 2.82. The minimum Gasteiger partial charge on any atom is -0.311 e. The lowest BCUT2D eigenvalue weighted by atomic mass is 9.63. The Morgan fingerprint density at radius 3 is 0.980 bits per heavy atom. The number of anilines is 3. The highest BCUT2D eigenvalue weighted by Crippen LogP contribution is 2.72. The van der Waals surface area contributed by atoms with E-state index in [1.165, 1.54) is 234 Å². The molecule has 3 heterocycles. The zero-order valence-corrected chi connectivity index (χ0v) is 63.4. The van der Waals surface area contributed by atoms with Crippen molar-refractivity contribution in [2.24, 2.45) is 0 Å². The van der Waals surface area contributed by atoms with Crippen LogP contribution < -0.4 is 4.90 Å². The molecular weight excluding hydrogens is 1250 g/mol. The third-order valence-corrected chi connectivity index (χ3v) is 26.2. The van der Waals surface area contributed by atoms with Gasteiger partial charge in [0.1, 0.15) is 0 Å². The summed E-state index contributed by atoms with van der Waals surface area (Å²) in [4.78, 5) is 7.80. The standard InChI is InChI=1S/C95H111NS3/c1-7-13-19-31-59-93(60-32-20-14-8-2)82-68-72(85-44-38-66-98-85)49-56-79(82)88-90(93)87-78-55-48-71(84-43-37-65-97-84)67-81(78)94(61-33-21-15-9-3,62-34-22-16-10-4)91(87)89-80-57-50-73(69-83(80)95(92(88)89,63-35-23-17-11-5)64-36-24-18-12-6)86-58-54-77(99-86)53-47-70-45-51-76(52-46-70)96(74-39-27-25-28-40-74)75-41-29-26-30-42-75/h25-30,37-58,65-69H,7-24,31-36,59-64H2,1-6H3/b53-47+. The van der Waals surface area contributed by atoms with E-state index in [1.807, 2.05) is 34.0 Å². The van der Waals surface area contributed by atoms with Gasteiger partial charge in [-0.25, -0.2) is 0 Å². The van der Waals surface area contributed by atoms with Gasteiger partial charge in [0.25, 0.3) is 0 Å². The minimum atomic E-state index is -0.165. The molecule has 7 aromatic carbocycles. The van der Waals surface area contributed by atoms with Crippen molar-refractivity contribution in [2.75, 3.05) is 4.90 Å². The Hall–Kier alpha value is -6.82. The van der Waals surface area contributed by atoms with Crippen LogP contribution in [-0.4, -0.2) is 0 Å². The van der Waals surface area contributed by atoms with E-state index in [9.17, 15) is 0 Å². The highest BCUT2D eigenvalue weighted by molar-refractivity contribution is 7.16. The third kappa shape index (κ3) is 14.4. The fourth-order valence-electron chi connectivity index (χ4n) is 18.4. The molecule has 0 aliphatic heterocycles. The smallest absolute Gasteiger partial charge is 0.0462 e. The Balaban J connectivity index is 1.06. The molecular formula is C95H111NS3. The molecule has 514 valence electrons. The van der Waals surface area contributed by atoms with Crippen LogP contribution in [0.4, 0.5) is 17.1 Å². The monoisotopic (exact) mass is 1360 g/mol. The first kappa shape index (κ1) is 70.6. The highest BCUT2D eigenvalue weighted by atomic mass is 32.1. The van der Waals surface area contributed by atoms with Gasteiger partial charge in [-0.1, -0.05) is 299 Å². The van der Waals surface area contributed by atoms with Crippen LogP contribution in [-0.2, 0) is 16.2 Å². The Morgan fingerprint density at radius 2 is 0.646 bits per heavy atom. The zero-order valence-electron chi connectivity index (χ0n) is 60.9. The molecule has 0 radical (unpaired) electrons. The van der Waals surface area contributed by atoms with E-state index in [2.05, 4.69) is 245 Å². The summed E-state index contributed by atoms with van der Waals surface area (Å²) in [6.45, 7) is 14.5. The van der Waals surface area contributed by atoms with Crippen LogP contribution in [0.15, 0.2) is 187 Å². The van der Waals surface area contributed by atoms with Crippen LogP contribution in [0.1, 0.15) is 278 Å². The first-order valence-corrected chi connectivity index (χ1v) is 42.0. The average Bonchev–Trinajstić information content (AvgIpc) is 1.48. The van der Waals surface area contributed by atoms with Crippen molar-refractivity contribution in [3.63, 3.8) is 0 Å². The number of rotatable bonds is 38. The second kappa shape index (κ2) is 33.3. The van der Waals surface area contributed by atoms with Crippen LogP contribution in [0.2, 0.25) is 0 Å². The minimum absolute atomic E-state index is 0.133. The second-order valence-corrected chi connectivity index (χ2v) is 32.7. The Morgan fingerprint density at radius 1 is 0.303 bits per heavy atom. The van der Waals surface area contributed by atoms with E-state index >= 15 is 0 Å². The normalized spacial score (nSPS) is 14.2. The quantitative estimate of drug-likeness (QED) is 0.0349. The van der Waals surface area contributed by atoms with Crippen molar-refractivity contribution in [1.29, 1.82) is 0 Å². The number of nitrogens with zero attached hydrogens (tertiary/aromatic N) is 1. The van der Waals surface area contributed by atoms with E-state index in [-0.39, 0.29) is 16.2 Å². The molecule has 0 N–H and O–H groups in total. The fraction of sp³-hybridized carbons (Fsp3) is 0.411. The average molecular weight is 1360 g/mol. The van der Waals surface area contributed by atoms with Gasteiger partial charge in [-0.2, -0.15) is 0 Å². The van der Waals surface area contributed by atoms with Gasteiger partial charge in [-0.05, 0) is 223 Å². The maximum Gasteiger partial charge on any atom is 0.0462 e. The van der Waals surface area contributed by atoms with Crippen molar-refractivity contribution < 1.29 is 0 Å². The van der Waals surface area contributed by atoms with Gasteiger partial charge in [0.2, 0.25) is 0 Å². The van der Waals surface area contributed by atoms with Crippen molar-refractivity contribution in [1.82, 2.24) is 0 Å². The molecule has 1 nitrogen and oxygen atoms in total. The molecule has 0 spiro atoms. The summed E-state index contributed by atoms with van der Waals surface area (Å²) in [5.74, 6) is 0. The molecule has 0 bridgehead atoms. The molecule has 3 aromatic heterocycles. The second-order valence-electron chi connectivity index (χ2n) is 29.7. The van der Waals surface area contributed by atoms with E-state index < -0.39 is 0 Å². The highest BCUT2D eigenvalue weighted by Gasteiger charge is 2.58. The van der Waals surface area contributed by atoms with E-state index in [4.69, 9.17) is 0 Å². The van der Waals surface area contributed by atoms with Gasteiger partial charge in [0.05, 0.1) is 0 Å². The Labute approximate surface area is 609 Å². The van der Waals surface area contributed by atoms with Gasteiger partial charge in [-0.15, -0.1) is 34.0 Å². The lowest BCUT2D eigenvalue weighted by Gasteiger charge is -2.40. The topological polar surface area (TPSA) is 3.24 Å². The molecule has 13 rings (SSSR count). The zero-order chi connectivity index (χ0) is 68.0. The summed E-state index contributed by atoms with van der Waals surface area (Å²) in [7, 11) is 0. The summed E-state index contributed by atoms with van der Waals surface area (Å²) < 4.78 is 0. The molecule has 0 atom stereocenters. The number of hydrogen-bond acceptors (Lipinski definition) is 4. The molecule has 0 saturated heterocycles. The first-order chi connectivity index (χ1) is 48.8. The van der Waals surface area contributed by atoms with E-state index in [1.54, 1.807) is 66.8 Å². The molecule has 4 heteroatoms. The number of hydrogen-bond donors (Lipinski definition) is 0. The van der Waals surface area contributed by atoms with E-state index in [0.29, 0.717) is 0 Å². The number of unbranched alkanes of at least 4 members (excludes halogenated alkanes) is 18. The van der Waals surface area contributed by atoms with Crippen molar-refractivity contribution in [3.8, 4) is 64.7 Å². The number of thiophene rings is 3. The van der Waals surface area contributed by atoms with Crippen LogP contribution >= 0.6 is 34.0 Å². The fourth-order valence-corrected chi connectivity index (χ4v) is 20.7. The lowest BCUT2D eigenvalue weighted by molar-refractivity contribution is 0.389. The Kier molecular flexibility index (Phi) is 23.8. The lowest BCUT2D eigenvalue weighted by Crippen LogP contribution is -2.31. The van der Waals surface area contributed by atoms with Gasteiger partial charge in [0, 0.05) is 52.8 Å². The summed E-state index contributed by atoms with van der Waals surface area (Å²) >= 11 is 5.81. The third-order valence-electron chi connectivity index (χ3n) is 23.2. The molecule has 0 unspecified atom stereocenters. The number of benzene rings is 7. The Bertz CT molecular complexity index is 4120. The number of fused-ring (bicyclic) bond motifs is 12. The summed E-state index contributed by atoms with van der Waals surface area (Å²) in [5.41, 5.74) is 28.4. The largest absolute Gasteiger partial charge is 0.311 e. The van der Waals surface area contributed by atoms with Crippen LogP contribution in [0, 0.1) is 0 Å². The molecule has 0 amide bonds. The van der Waals surface area contributed by atoms with Gasteiger partial charge >= 0.3 is 0 Å². The predicted octanol–water partition coefficient (Wildman–Crippen LogP) is 31.1. The van der Waals surface area contributed by atoms with Crippen LogP contribution in [0.25, 0.3) is 76.9 Å². The molecule has 0 fully saturated rings. The van der Waals surface area contributed by atoms with Crippen molar-refractivity contribution in [2.45, 2.75) is 250 Å². The van der Waals surface area contributed by atoms with Gasteiger partial charge in [-0.3, -0.25) is 0 Å². The SMILES string of the molecule is CCCCCCC1(CCCCCC)c2cc(-c3cccs3)ccc2-c2c1c1c(c3c2C(CCCCCC)(CCCCCC)c2cc(-c4ccc(/C=C/c5ccc(N(c6ccccc6)c6ccccc6)cc5)s4)ccc2-3)C(CCCCCC)(CCCCCC)c2cc(-c3cccs3)ccc2-1. The van der Waals surface area contributed by atoms with Crippen molar-refractivity contribution in [3.05, 3.63) is 231 Å². The molecule has 99 heavy (non-hydrogen) atoms.